The van der Waals surface area contributed by atoms with Crippen LogP contribution in [-0.2, 0) is 4.79 Å². The summed E-state index contributed by atoms with van der Waals surface area (Å²) in [6, 6.07) is 7.87. The van der Waals surface area contributed by atoms with Gasteiger partial charge in [0.25, 0.3) is 0 Å². The number of carbonyl (C=O) groups is 1. The van der Waals surface area contributed by atoms with E-state index in [1.165, 1.54) is 0 Å². The first-order chi connectivity index (χ1) is 12.2. The number of unbranched alkanes of at least 4 members (excludes halogenated alkanes) is 1. The summed E-state index contributed by atoms with van der Waals surface area (Å²) < 4.78 is 0. The van der Waals surface area contributed by atoms with Crippen LogP contribution < -0.4 is 10.6 Å². The second-order valence-corrected chi connectivity index (χ2v) is 6.88. The Labute approximate surface area is 154 Å². The molecule has 1 aromatic carbocycles. The Bertz CT molecular complexity index is 696. The number of nitrogens with one attached hydrogen (secondary N) is 2. The first kappa shape index (κ1) is 19.2. The first-order valence-corrected chi connectivity index (χ1v) is 9.77. The lowest BCUT2D eigenvalue weighted by atomic mass is 9.98. The average Bonchev–Trinajstić information content (AvgIpc) is 3.10. The van der Waals surface area contributed by atoms with Gasteiger partial charge in [-0.15, -0.1) is 17.9 Å². The molecule has 0 saturated carbocycles. The minimum Gasteiger partial charge on any atom is -0.358 e. The van der Waals surface area contributed by atoms with Crippen LogP contribution in [0.5, 0.6) is 0 Å². The monoisotopic (exact) mass is 357 g/mol. The molecule has 1 heterocycles. The van der Waals surface area contributed by atoms with Crippen molar-refractivity contribution in [1.29, 1.82) is 0 Å². The molecule has 0 fully saturated rings. The van der Waals surface area contributed by atoms with Crippen LogP contribution >= 0.6 is 11.3 Å². The van der Waals surface area contributed by atoms with Gasteiger partial charge in [0.15, 0.2) is 5.13 Å². The summed E-state index contributed by atoms with van der Waals surface area (Å²) in [6.07, 6.45) is 5.83. The largest absolute Gasteiger partial charge is 0.358 e. The van der Waals surface area contributed by atoms with Gasteiger partial charge in [0.2, 0.25) is 5.91 Å². The predicted molar refractivity (Wildman–Crippen MR) is 108 cm³/mol. The van der Waals surface area contributed by atoms with Crippen molar-refractivity contribution in [2.45, 2.75) is 39.5 Å². The Morgan fingerprint density at radius 2 is 2.24 bits per heavy atom. The number of rotatable bonds is 10. The zero-order chi connectivity index (χ0) is 18.1. The molecule has 134 valence electrons. The van der Waals surface area contributed by atoms with Crippen LogP contribution in [0, 0.1) is 5.92 Å². The summed E-state index contributed by atoms with van der Waals surface area (Å²) >= 11 is 1.56. The fourth-order valence-electron chi connectivity index (χ4n) is 2.62. The highest BCUT2D eigenvalue weighted by molar-refractivity contribution is 7.14. The number of hydrogen-bond acceptors (Lipinski definition) is 4. The number of anilines is 2. The van der Waals surface area contributed by atoms with E-state index in [-0.39, 0.29) is 11.8 Å². The number of hydrogen-bond donors (Lipinski definition) is 2. The van der Waals surface area contributed by atoms with Gasteiger partial charge in [-0.2, -0.15) is 0 Å². The highest BCUT2D eigenvalue weighted by atomic mass is 32.1. The van der Waals surface area contributed by atoms with Crippen molar-refractivity contribution in [3.8, 4) is 11.3 Å². The van der Waals surface area contributed by atoms with E-state index in [1.54, 1.807) is 17.4 Å². The standard InChI is InChI=1S/C20H27N3OS/c1-4-7-9-15(6-3)19(24)22-17-11-8-10-16(13-17)18-14-25-20(23-18)21-12-5-2/h5,8,10-11,13-15H,2,4,6-7,9,12H2,1,3H3,(H,21,23)(H,22,24)/t15-/m0/s1. The number of thiazole rings is 1. The fourth-order valence-corrected chi connectivity index (χ4v) is 3.35. The Morgan fingerprint density at radius 3 is 2.96 bits per heavy atom. The van der Waals surface area contributed by atoms with Gasteiger partial charge in [0, 0.05) is 29.1 Å². The molecule has 2 rings (SSSR count). The smallest absolute Gasteiger partial charge is 0.227 e. The van der Waals surface area contributed by atoms with E-state index in [0.29, 0.717) is 6.54 Å². The highest BCUT2D eigenvalue weighted by Gasteiger charge is 2.16. The molecule has 0 radical (unpaired) electrons. The maximum Gasteiger partial charge on any atom is 0.227 e. The molecular formula is C20H27N3OS. The van der Waals surface area contributed by atoms with Crippen molar-refractivity contribution in [1.82, 2.24) is 4.98 Å². The summed E-state index contributed by atoms with van der Waals surface area (Å²) in [6.45, 7) is 8.61. The lowest BCUT2D eigenvalue weighted by molar-refractivity contribution is -0.120. The molecule has 0 aliphatic carbocycles. The van der Waals surface area contributed by atoms with Gasteiger partial charge in [0.1, 0.15) is 0 Å². The Hall–Kier alpha value is -2.14. The van der Waals surface area contributed by atoms with Crippen LogP contribution in [0.1, 0.15) is 39.5 Å². The molecule has 0 saturated heterocycles. The number of amides is 1. The van der Waals surface area contributed by atoms with Crippen LogP contribution in [-0.4, -0.2) is 17.4 Å². The third-order valence-electron chi connectivity index (χ3n) is 4.10. The third kappa shape index (κ3) is 5.71. The van der Waals surface area contributed by atoms with E-state index in [4.69, 9.17) is 0 Å². The Balaban J connectivity index is 2.06. The van der Waals surface area contributed by atoms with Crippen LogP contribution in [0.4, 0.5) is 10.8 Å². The number of aromatic nitrogens is 1. The summed E-state index contributed by atoms with van der Waals surface area (Å²) in [5.74, 6) is 0.192. The molecule has 1 aromatic heterocycles. The molecule has 5 heteroatoms. The maximum atomic E-state index is 12.5. The average molecular weight is 358 g/mol. The lowest BCUT2D eigenvalue weighted by Crippen LogP contribution is -2.22. The molecule has 4 nitrogen and oxygen atoms in total. The van der Waals surface area contributed by atoms with Crippen molar-refractivity contribution >= 4 is 28.1 Å². The van der Waals surface area contributed by atoms with Crippen LogP contribution in [0.15, 0.2) is 42.3 Å². The minimum atomic E-state index is 0.0811. The number of benzene rings is 1. The SMILES string of the molecule is C=CCNc1nc(-c2cccc(NC(=O)[C@@H](CC)CCCC)c2)cs1. The molecule has 0 aliphatic rings. The first-order valence-electron chi connectivity index (χ1n) is 8.89. The van der Waals surface area contributed by atoms with Gasteiger partial charge in [-0.3, -0.25) is 4.79 Å². The van der Waals surface area contributed by atoms with Gasteiger partial charge in [-0.1, -0.05) is 44.9 Å². The summed E-state index contributed by atoms with van der Waals surface area (Å²) in [7, 11) is 0. The summed E-state index contributed by atoms with van der Waals surface area (Å²) in [5, 5.41) is 9.14. The summed E-state index contributed by atoms with van der Waals surface area (Å²) in [4.78, 5) is 17.1. The number of nitrogens with zero attached hydrogens (tertiary/aromatic N) is 1. The third-order valence-corrected chi connectivity index (χ3v) is 4.90. The van der Waals surface area contributed by atoms with Gasteiger partial charge in [0.05, 0.1) is 5.69 Å². The molecule has 2 aromatic rings. The van der Waals surface area contributed by atoms with Crippen molar-refractivity contribution in [3.63, 3.8) is 0 Å². The van der Waals surface area contributed by atoms with E-state index >= 15 is 0 Å². The van der Waals surface area contributed by atoms with E-state index in [9.17, 15) is 4.79 Å². The molecule has 0 unspecified atom stereocenters. The van der Waals surface area contributed by atoms with E-state index < -0.39 is 0 Å². The Morgan fingerprint density at radius 1 is 1.40 bits per heavy atom. The molecule has 25 heavy (non-hydrogen) atoms. The van der Waals surface area contributed by atoms with Gasteiger partial charge < -0.3 is 10.6 Å². The number of carbonyl (C=O) groups excluding carboxylic acids is 1. The highest BCUT2D eigenvalue weighted by Crippen LogP contribution is 2.27. The maximum absolute atomic E-state index is 12.5. The van der Waals surface area contributed by atoms with E-state index in [2.05, 4.69) is 36.0 Å². The quantitative estimate of drug-likeness (QED) is 0.547. The van der Waals surface area contributed by atoms with Gasteiger partial charge >= 0.3 is 0 Å². The molecule has 2 N–H and O–H groups in total. The van der Waals surface area contributed by atoms with E-state index in [1.807, 2.05) is 29.6 Å². The van der Waals surface area contributed by atoms with Crippen molar-refractivity contribution in [2.24, 2.45) is 5.92 Å². The van der Waals surface area contributed by atoms with Crippen molar-refractivity contribution < 1.29 is 4.79 Å². The predicted octanol–water partition coefficient (Wildman–Crippen LogP) is 5.56. The minimum absolute atomic E-state index is 0.0811. The van der Waals surface area contributed by atoms with Gasteiger partial charge in [-0.25, -0.2) is 4.98 Å². The lowest BCUT2D eigenvalue weighted by Gasteiger charge is -2.15. The molecule has 0 spiro atoms. The van der Waals surface area contributed by atoms with Crippen molar-refractivity contribution in [3.05, 3.63) is 42.3 Å². The molecule has 0 bridgehead atoms. The molecular weight excluding hydrogens is 330 g/mol. The molecule has 1 atom stereocenters. The van der Waals surface area contributed by atoms with E-state index in [0.717, 1.165) is 47.8 Å². The van der Waals surface area contributed by atoms with Crippen LogP contribution in [0.25, 0.3) is 11.3 Å². The zero-order valence-corrected chi connectivity index (χ0v) is 15.9. The van der Waals surface area contributed by atoms with Crippen LogP contribution in [0.2, 0.25) is 0 Å². The normalized spacial score (nSPS) is 11.8. The topological polar surface area (TPSA) is 54.0 Å². The van der Waals surface area contributed by atoms with Gasteiger partial charge in [-0.05, 0) is 25.0 Å². The molecule has 1 amide bonds. The van der Waals surface area contributed by atoms with Crippen LogP contribution in [0.3, 0.4) is 0 Å². The zero-order valence-electron chi connectivity index (χ0n) is 15.0. The summed E-state index contributed by atoms with van der Waals surface area (Å²) in [5.41, 5.74) is 2.74. The molecule has 0 aliphatic heterocycles. The second kappa shape index (κ2) is 9.99. The Kier molecular flexibility index (Phi) is 7.67. The van der Waals surface area contributed by atoms with Crippen molar-refractivity contribution in [2.75, 3.05) is 17.2 Å². The second-order valence-electron chi connectivity index (χ2n) is 6.02. The fraction of sp³-hybridized carbons (Fsp3) is 0.400.